The molecule has 2 bridgehead atoms. The van der Waals surface area contributed by atoms with Gasteiger partial charge in [0.05, 0.1) is 49.2 Å². The van der Waals surface area contributed by atoms with Crippen LogP contribution in [-0.4, -0.2) is 86.6 Å². The van der Waals surface area contributed by atoms with Crippen molar-refractivity contribution in [1.29, 1.82) is 0 Å². The van der Waals surface area contributed by atoms with Crippen LogP contribution in [0.25, 0.3) is 44.5 Å². The van der Waals surface area contributed by atoms with Crippen molar-refractivity contribution in [3.05, 3.63) is 119 Å². The van der Waals surface area contributed by atoms with Crippen molar-refractivity contribution < 1.29 is 37.4 Å². The summed E-state index contributed by atoms with van der Waals surface area (Å²) in [6.45, 7) is 4.23. The molecule has 340 valence electrons. The Balaban J connectivity index is 0.887. The summed E-state index contributed by atoms with van der Waals surface area (Å²) in [6.07, 6.45) is 4.27. The van der Waals surface area contributed by atoms with Gasteiger partial charge in [0.25, 0.3) is 11.8 Å². The number of H-pyrrole nitrogens is 2. The average molecular weight is 897 g/mol. The lowest BCUT2D eigenvalue weighted by Gasteiger charge is -2.37. The molecule has 0 spiro atoms. The molecule has 0 radical (unpaired) electrons. The number of carbonyl (C=O) groups is 4. The minimum Gasteiger partial charge on any atom is -0.453 e. The summed E-state index contributed by atoms with van der Waals surface area (Å²) in [6, 6.07) is 22.4. The fourth-order valence-corrected chi connectivity index (χ4v) is 10.7. The van der Waals surface area contributed by atoms with Crippen LogP contribution in [-0.2, 0) is 25.0 Å². The first kappa shape index (κ1) is 42.8. The highest BCUT2D eigenvalue weighted by Gasteiger charge is 2.52. The van der Waals surface area contributed by atoms with Gasteiger partial charge in [-0.25, -0.2) is 19.6 Å². The molecule has 3 fully saturated rings. The van der Waals surface area contributed by atoms with E-state index in [1.54, 1.807) is 59.6 Å². The minimum absolute atomic E-state index is 0.0418. The zero-order valence-corrected chi connectivity index (χ0v) is 36.9. The van der Waals surface area contributed by atoms with Gasteiger partial charge in [0, 0.05) is 29.3 Å². The van der Waals surface area contributed by atoms with Gasteiger partial charge in [0.1, 0.15) is 23.7 Å². The van der Waals surface area contributed by atoms with Crippen LogP contribution in [0.1, 0.15) is 92.4 Å². The number of rotatable bonds is 10. The molecular weight excluding hydrogens is 847 g/mol. The van der Waals surface area contributed by atoms with Crippen molar-refractivity contribution >= 4 is 35.0 Å². The number of aromatic amines is 2. The predicted octanol–water partition coefficient (Wildman–Crippen LogP) is 8.93. The van der Waals surface area contributed by atoms with Gasteiger partial charge < -0.3 is 39.9 Å². The second-order valence-electron chi connectivity index (χ2n) is 18.1. The number of likely N-dealkylation sites (tertiary alicyclic amines) is 2. The van der Waals surface area contributed by atoms with Crippen LogP contribution in [0.15, 0.2) is 91.1 Å². The second-order valence-corrected chi connectivity index (χ2v) is 18.1. The highest BCUT2D eigenvalue weighted by molar-refractivity contribution is 5.89. The molecule has 10 rings (SSSR count). The third-order valence-corrected chi connectivity index (χ3v) is 13.9. The third-order valence-electron chi connectivity index (χ3n) is 13.9. The summed E-state index contributed by atoms with van der Waals surface area (Å²) in [5.74, 6) is -2.53. The number of piperidine rings is 1. The number of nitrogens with zero attached hydrogens (tertiary/aromatic N) is 4. The minimum atomic E-state index is -3.30. The van der Waals surface area contributed by atoms with Crippen LogP contribution in [0, 0.1) is 11.8 Å². The van der Waals surface area contributed by atoms with Crippen molar-refractivity contribution in [3.8, 4) is 33.5 Å². The number of alkyl halides is 2. The monoisotopic (exact) mass is 896 g/mol. The van der Waals surface area contributed by atoms with E-state index in [4.69, 9.17) is 14.5 Å². The van der Waals surface area contributed by atoms with E-state index in [1.807, 2.05) is 49.1 Å². The molecule has 4 heterocycles. The van der Waals surface area contributed by atoms with E-state index < -0.39 is 36.2 Å². The molecule has 1 saturated carbocycles. The highest BCUT2D eigenvalue weighted by Crippen LogP contribution is 2.53. The van der Waals surface area contributed by atoms with Crippen molar-refractivity contribution in [2.24, 2.45) is 11.8 Å². The predicted molar refractivity (Wildman–Crippen MR) is 241 cm³/mol. The van der Waals surface area contributed by atoms with Gasteiger partial charge in [-0.15, -0.1) is 0 Å². The topological polar surface area (TPSA) is 175 Å². The van der Waals surface area contributed by atoms with Gasteiger partial charge in [-0.1, -0.05) is 74.5 Å². The van der Waals surface area contributed by atoms with Crippen molar-refractivity contribution in [1.82, 2.24) is 40.4 Å². The van der Waals surface area contributed by atoms with Gasteiger partial charge >= 0.3 is 12.2 Å². The average Bonchev–Trinajstić information content (AvgIpc) is 4.21. The molecule has 16 heteroatoms. The summed E-state index contributed by atoms with van der Waals surface area (Å²) in [4.78, 5) is 72.5. The summed E-state index contributed by atoms with van der Waals surface area (Å²) < 4.78 is 43.0. The quantitative estimate of drug-likeness (QED) is 0.105. The van der Waals surface area contributed by atoms with E-state index in [0.29, 0.717) is 70.1 Å². The highest BCUT2D eigenvalue weighted by atomic mass is 19.3. The Bertz CT molecular complexity index is 2880. The molecule has 4 aromatic carbocycles. The Morgan fingerprint density at radius 1 is 0.788 bits per heavy atom. The first-order valence-corrected chi connectivity index (χ1v) is 22.4. The Morgan fingerprint density at radius 3 is 2.20 bits per heavy atom. The van der Waals surface area contributed by atoms with Gasteiger partial charge in [0.2, 0.25) is 5.91 Å². The molecule has 14 nitrogen and oxygen atoms in total. The number of halogens is 2. The number of aromatic nitrogens is 4. The van der Waals surface area contributed by atoms with Crippen molar-refractivity contribution in [3.63, 3.8) is 0 Å². The number of benzene rings is 4. The van der Waals surface area contributed by atoms with Crippen LogP contribution in [0.3, 0.4) is 0 Å². The van der Waals surface area contributed by atoms with Gasteiger partial charge in [-0.05, 0) is 96.0 Å². The lowest BCUT2D eigenvalue weighted by molar-refractivity contribution is -0.139. The van der Waals surface area contributed by atoms with Crippen LogP contribution < -0.4 is 10.6 Å². The van der Waals surface area contributed by atoms with Crippen molar-refractivity contribution in [2.75, 3.05) is 20.8 Å². The molecular formula is C50H50F2N8O6. The Morgan fingerprint density at radius 2 is 1.47 bits per heavy atom. The van der Waals surface area contributed by atoms with Gasteiger partial charge in [-0.2, -0.15) is 8.78 Å². The molecule has 6 aromatic rings. The van der Waals surface area contributed by atoms with E-state index in [2.05, 4.69) is 25.6 Å². The SMILES string of the molecule is COC(=O)N[C@H](C(=O)N1[C@@H]2CC[C@@H](C2)[C@H]1c1nc2ccc(-c3ccc4c(c3)C(F)(F)c3cc(-c5cnc([C@@H]6CCCN6C(=O)[C@H](NC(=O)OC)c6ccccc6)[nH]5)ccc3-4)cc2[nH]1)C(C)C. The molecule has 4 N–H and O–H groups in total. The Hall–Kier alpha value is -7.10. The number of methoxy groups -OCH3 is 2. The Labute approximate surface area is 379 Å². The third kappa shape index (κ3) is 7.32. The maximum Gasteiger partial charge on any atom is 0.407 e. The van der Waals surface area contributed by atoms with Crippen LogP contribution >= 0.6 is 0 Å². The number of hydrogen-bond donors (Lipinski definition) is 4. The number of imidazole rings is 2. The zero-order chi connectivity index (χ0) is 46.0. The number of amides is 4. The second kappa shape index (κ2) is 16.7. The smallest absolute Gasteiger partial charge is 0.407 e. The summed E-state index contributed by atoms with van der Waals surface area (Å²) in [5, 5.41) is 5.40. The summed E-state index contributed by atoms with van der Waals surface area (Å²) >= 11 is 0. The van der Waals surface area contributed by atoms with Crippen LogP contribution in [0.4, 0.5) is 18.4 Å². The largest absolute Gasteiger partial charge is 0.453 e. The van der Waals surface area contributed by atoms with Crippen LogP contribution in [0.2, 0.25) is 0 Å². The van der Waals surface area contributed by atoms with E-state index in [-0.39, 0.29) is 46.9 Å². The van der Waals surface area contributed by atoms with E-state index in [0.717, 1.165) is 30.3 Å². The molecule has 66 heavy (non-hydrogen) atoms. The van der Waals surface area contributed by atoms with E-state index in [1.165, 1.54) is 20.3 Å². The molecule has 0 unspecified atom stereocenters. The first-order chi connectivity index (χ1) is 31.8. The normalized spacial score (nSPS) is 21.1. The first-order valence-electron chi connectivity index (χ1n) is 22.4. The summed E-state index contributed by atoms with van der Waals surface area (Å²) in [5.41, 5.74) is 5.16. The fraction of sp³-hybridized carbons (Fsp3) is 0.360. The lowest BCUT2D eigenvalue weighted by atomic mass is 9.95. The molecule has 2 saturated heterocycles. The molecule has 2 aromatic heterocycles. The van der Waals surface area contributed by atoms with Gasteiger partial charge in [-0.3, -0.25) is 9.59 Å². The number of carbonyl (C=O) groups excluding carboxylic acids is 4. The maximum atomic E-state index is 16.7. The molecule has 4 aliphatic rings. The number of nitrogens with one attached hydrogen (secondary N) is 4. The number of ether oxygens (including phenoxy) is 2. The number of fused-ring (bicyclic) bond motifs is 6. The molecule has 4 amide bonds. The van der Waals surface area contributed by atoms with Gasteiger partial charge in [0.15, 0.2) is 0 Å². The fourth-order valence-electron chi connectivity index (χ4n) is 10.7. The number of hydrogen-bond acceptors (Lipinski definition) is 8. The molecule has 2 aliphatic carbocycles. The van der Waals surface area contributed by atoms with Crippen LogP contribution in [0.5, 0.6) is 0 Å². The zero-order valence-electron chi connectivity index (χ0n) is 36.9. The Kier molecular flexibility index (Phi) is 10.8. The summed E-state index contributed by atoms with van der Waals surface area (Å²) in [7, 11) is 2.52. The standard InChI is InChI=1S/C50H50F2N8O6/c1-26(2)41(57-48(63)65-3)47(62)60-32-16-12-31(21-32)43(60)45-54-37-19-15-29(24-38(37)55-45)28-13-17-33-34-18-14-30(23-36(34)50(51,52)35(33)22-28)39-25-53-44(56-39)40-11-8-20-59(40)46(61)42(58-49(64)66-4)27-9-6-5-7-10-27/h5-7,9-10,13-15,17-19,22-26,31-32,40-43H,8,11-12,16,20-21H2,1-4H3,(H,53,56)(H,54,55)(H,57,63)(H,58,64)/t31-,32+,40-,41-,42+,43-/m0/s1. The van der Waals surface area contributed by atoms with E-state index in [9.17, 15) is 19.2 Å². The molecule has 2 aliphatic heterocycles. The van der Waals surface area contributed by atoms with Crippen molar-refractivity contribution in [2.45, 2.75) is 82.1 Å². The molecule has 6 atom stereocenters. The maximum absolute atomic E-state index is 16.7. The lowest BCUT2D eigenvalue weighted by Crippen LogP contribution is -2.54. The van der Waals surface area contributed by atoms with E-state index >= 15 is 8.78 Å². The number of alkyl carbamates (subject to hydrolysis) is 2.